The summed E-state index contributed by atoms with van der Waals surface area (Å²) in [5.41, 5.74) is 1.42. The Morgan fingerprint density at radius 1 is 1.22 bits per heavy atom. The van der Waals surface area contributed by atoms with Crippen LogP contribution < -0.4 is 5.32 Å². The molecule has 0 bridgehead atoms. The fourth-order valence-corrected chi connectivity index (χ4v) is 3.55. The summed E-state index contributed by atoms with van der Waals surface area (Å²) >= 11 is 0. The van der Waals surface area contributed by atoms with Crippen molar-refractivity contribution in [1.29, 1.82) is 0 Å². The molecule has 0 aliphatic carbocycles. The van der Waals surface area contributed by atoms with E-state index in [0.717, 1.165) is 11.1 Å². The second kappa shape index (κ2) is 9.27. The van der Waals surface area contributed by atoms with Gasteiger partial charge in [-0.25, -0.2) is 14.2 Å². The predicted molar refractivity (Wildman–Crippen MR) is 114 cm³/mol. The summed E-state index contributed by atoms with van der Waals surface area (Å²) in [6.07, 6.45) is 2.80. The number of anilines is 1. The minimum absolute atomic E-state index is 0.0951. The van der Waals surface area contributed by atoms with E-state index in [1.807, 2.05) is 0 Å². The molecule has 0 radical (unpaired) electrons. The number of carbonyl (C=O) groups is 2. The fraction of sp³-hybridized carbons (Fsp3) is 0.304. The molecular formula is C23H22FN3O5. The molecule has 3 heterocycles. The lowest BCUT2D eigenvalue weighted by atomic mass is 10.0. The molecule has 3 aromatic rings. The van der Waals surface area contributed by atoms with Gasteiger partial charge in [0.15, 0.2) is 11.4 Å². The number of amides is 1. The predicted octanol–water partition coefficient (Wildman–Crippen LogP) is 3.36. The SMILES string of the molecule is CC(=O)Nc1nc(C(=O)OC2CCOCC2)c(O)c2ncc(Cc3ccc(F)cc3)cc12. The first-order valence-electron chi connectivity index (χ1n) is 10.2. The van der Waals surface area contributed by atoms with Crippen LogP contribution in [0.3, 0.4) is 0 Å². The van der Waals surface area contributed by atoms with E-state index in [9.17, 15) is 19.1 Å². The Hall–Kier alpha value is -3.59. The number of hydrogen-bond donors (Lipinski definition) is 2. The minimum atomic E-state index is -0.792. The third-order valence-electron chi connectivity index (χ3n) is 5.12. The standard InChI is InChI=1S/C23H22FN3O5/c1-13(28)26-22-18-11-15(10-14-2-4-16(24)5-3-14)12-25-19(18)21(29)20(27-22)23(30)32-17-6-8-31-9-7-17/h2-5,11-12,17,29H,6-10H2,1H3,(H,26,27,28). The van der Waals surface area contributed by atoms with E-state index in [-0.39, 0.29) is 28.9 Å². The van der Waals surface area contributed by atoms with E-state index >= 15 is 0 Å². The van der Waals surface area contributed by atoms with Crippen LogP contribution in [-0.4, -0.2) is 46.3 Å². The van der Waals surface area contributed by atoms with Crippen molar-refractivity contribution < 1.29 is 28.6 Å². The minimum Gasteiger partial charge on any atom is -0.504 e. The summed E-state index contributed by atoms with van der Waals surface area (Å²) in [4.78, 5) is 32.9. The number of rotatable bonds is 5. The average molecular weight is 439 g/mol. The van der Waals surface area contributed by atoms with Crippen LogP contribution in [0.15, 0.2) is 36.5 Å². The molecule has 1 fully saturated rings. The molecular weight excluding hydrogens is 417 g/mol. The quantitative estimate of drug-likeness (QED) is 0.587. The number of fused-ring (bicyclic) bond motifs is 1. The number of nitrogens with zero attached hydrogens (tertiary/aromatic N) is 2. The second-order valence-corrected chi connectivity index (χ2v) is 7.60. The zero-order valence-electron chi connectivity index (χ0n) is 17.4. The van der Waals surface area contributed by atoms with Gasteiger partial charge in [-0.2, -0.15) is 0 Å². The van der Waals surface area contributed by atoms with E-state index in [0.29, 0.717) is 37.9 Å². The van der Waals surface area contributed by atoms with Gasteiger partial charge in [0.1, 0.15) is 23.3 Å². The number of ether oxygens (including phenoxy) is 2. The van der Waals surface area contributed by atoms with E-state index in [2.05, 4.69) is 15.3 Å². The Bertz CT molecular complexity index is 1160. The molecule has 0 atom stereocenters. The highest BCUT2D eigenvalue weighted by molar-refractivity contribution is 6.05. The number of aromatic hydroxyl groups is 1. The van der Waals surface area contributed by atoms with Gasteiger partial charge in [-0.3, -0.25) is 9.78 Å². The maximum Gasteiger partial charge on any atom is 0.361 e. The van der Waals surface area contributed by atoms with E-state index in [1.54, 1.807) is 24.4 Å². The summed E-state index contributed by atoms with van der Waals surface area (Å²) in [5.74, 6) is -1.83. The number of benzene rings is 1. The number of hydrogen-bond acceptors (Lipinski definition) is 7. The first kappa shape index (κ1) is 21.6. The maximum absolute atomic E-state index is 13.2. The zero-order valence-corrected chi connectivity index (χ0v) is 17.4. The third-order valence-corrected chi connectivity index (χ3v) is 5.12. The Labute approximate surface area is 183 Å². The Kier molecular flexibility index (Phi) is 6.27. The number of carbonyl (C=O) groups excluding carboxylic acids is 2. The average Bonchev–Trinajstić information content (AvgIpc) is 2.77. The number of esters is 1. The number of pyridine rings is 2. The van der Waals surface area contributed by atoms with Gasteiger partial charge in [0.25, 0.3) is 0 Å². The van der Waals surface area contributed by atoms with Crippen LogP contribution >= 0.6 is 0 Å². The summed E-state index contributed by atoms with van der Waals surface area (Å²) in [5, 5.41) is 13.7. The largest absolute Gasteiger partial charge is 0.504 e. The van der Waals surface area contributed by atoms with Gasteiger partial charge in [-0.1, -0.05) is 12.1 Å². The third kappa shape index (κ3) is 4.83. The maximum atomic E-state index is 13.2. The van der Waals surface area contributed by atoms with Crippen molar-refractivity contribution in [3.8, 4) is 5.75 Å². The summed E-state index contributed by atoms with van der Waals surface area (Å²) in [7, 11) is 0. The lowest BCUT2D eigenvalue weighted by Gasteiger charge is -2.22. The van der Waals surface area contributed by atoms with Gasteiger partial charge in [0, 0.05) is 31.3 Å². The van der Waals surface area contributed by atoms with E-state index in [4.69, 9.17) is 9.47 Å². The Morgan fingerprint density at radius 3 is 2.62 bits per heavy atom. The van der Waals surface area contributed by atoms with Crippen LogP contribution in [0.25, 0.3) is 10.9 Å². The molecule has 1 amide bonds. The zero-order chi connectivity index (χ0) is 22.7. The molecule has 2 aromatic heterocycles. The van der Waals surface area contributed by atoms with E-state index in [1.165, 1.54) is 19.1 Å². The van der Waals surface area contributed by atoms with Gasteiger partial charge in [0.2, 0.25) is 5.91 Å². The number of halogens is 1. The number of aromatic nitrogens is 2. The molecule has 9 heteroatoms. The van der Waals surface area contributed by atoms with Gasteiger partial charge in [-0.05, 0) is 35.7 Å². The van der Waals surface area contributed by atoms with Gasteiger partial charge >= 0.3 is 5.97 Å². The van der Waals surface area contributed by atoms with Crippen molar-refractivity contribution in [2.75, 3.05) is 18.5 Å². The van der Waals surface area contributed by atoms with Crippen LogP contribution in [0.4, 0.5) is 10.2 Å². The van der Waals surface area contributed by atoms with Crippen molar-refractivity contribution in [2.24, 2.45) is 0 Å². The smallest absolute Gasteiger partial charge is 0.361 e. The van der Waals surface area contributed by atoms with Crippen molar-refractivity contribution in [2.45, 2.75) is 32.3 Å². The number of nitrogens with one attached hydrogen (secondary N) is 1. The lowest BCUT2D eigenvalue weighted by Crippen LogP contribution is -2.26. The summed E-state index contributed by atoms with van der Waals surface area (Å²) in [6, 6.07) is 7.79. The first-order valence-corrected chi connectivity index (χ1v) is 10.2. The normalized spacial score (nSPS) is 14.3. The summed E-state index contributed by atoms with van der Waals surface area (Å²) < 4.78 is 23.9. The molecule has 0 unspecified atom stereocenters. The molecule has 1 aromatic carbocycles. The van der Waals surface area contributed by atoms with Crippen molar-refractivity contribution in [1.82, 2.24) is 9.97 Å². The molecule has 1 aliphatic rings. The molecule has 32 heavy (non-hydrogen) atoms. The second-order valence-electron chi connectivity index (χ2n) is 7.60. The Balaban J connectivity index is 1.70. The molecule has 166 valence electrons. The molecule has 8 nitrogen and oxygen atoms in total. The van der Waals surface area contributed by atoms with Crippen LogP contribution in [0.5, 0.6) is 5.75 Å². The van der Waals surface area contributed by atoms with Gasteiger partial charge in [0.05, 0.1) is 13.2 Å². The van der Waals surface area contributed by atoms with Gasteiger partial charge in [-0.15, -0.1) is 0 Å². The Morgan fingerprint density at radius 2 is 1.94 bits per heavy atom. The van der Waals surface area contributed by atoms with Crippen LogP contribution in [0, 0.1) is 5.82 Å². The topological polar surface area (TPSA) is 111 Å². The molecule has 1 aliphatic heterocycles. The molecule has 1 saturated heterocycles. The monoisotopic (exact) mass is 439 g/mol. The highest BCUT2D eigenvalue weighted by atomic mass is 19.1. The molecule has 0 saturated carbocycles. The van der Waals surface area contributed by atoms with Crippen molar-refractivity contribution >= 4 is 28.6 Å². The van der Waals surface area contributed by atoms with Crippen LogP contribution in [-0.2, 0) is 20.7 Å². The van der Waals surface area contributed by atoms with Crippen molar-refractivity contribution in [3.05, 3.63) is 59.2 Å². The first-order chi connectivity index (χ1) is 15.4. The van der Waals surface area contributed by atoms with E-state index < -0.39 is 17.6 Å². The van der Waals surface area contributed by atoms with Gasteiger partial charge < -0.3 is 19.9 Å². The molecule has 2 N–H and O–H groups in total. The lowest BCUT2D eigenvalue weighted by molar-refractivity contribution is -0.114. The van der Waals surface area contributed by atoms with Crippen LogP contribution in [0.2, 0.25) is 0 Å². The molecule has 0 spiro atoms. The summed E-state index contributed by atoms with van der Waals surface area (Å²) in [6.45, 7) is 2.30. The fourth-order valence-electron chi connectivity index (χ4n) is 3.55. The highest BCUT2D eigenvalue weighted by Gasteiger charge is 2.26. The molecule has 4 rings (SSSR count). The highest BCUT2D eigenvalue weighted by Crippen LogP contribution is 2.32. The van der Waals surface area contributed by atoms with Crippen molar-refractivity contribution in [3.63, 3.8) is 0 Å². The van der Waals surface area contributed by atoms with Crippen LogP contribution in [0.1, 0.15) is 41.4 Å².